The minimum Gasteiger partial charge on any atom is -0.464 e. The van der Waals surface area contributed by atoms with Gasteiger partial charge in [0.15, 0.2) is 0 Å². The van der Waals surface area contributed by atoms with Gasteiger partial charge in [0.25, 0.3) is 0 Å². The van der Waals surface area contributed by atoms with E-state index in [-0.39, 0.29) is 25.8 Å². The summed E-state index contributed by atoms with van der Waals surface area (Å²) in [6.45, 7) is 4.05. The van der Waals surface area contributed by atoms with E-state index < -0.39 is 29.8 Å². The quantitative estimate of drug-likeness (QED) is 0.525. The molecule has 0 bridgehead atoms. The molecule has 0 aromatic heterocycles. The minimum atomic E-state index is -1.52. The fourth-order valence-corrected chi connectivity index (χ4v) is 3.03. The average Bonchev–Trinajstić information content (AvgIpc) is 2.73. The van der Waals surface area contributed by atoms with E-state index in [9.17, 15) is 19.2 Å². The summed E-state index contributed by atoms with van der Waals surface area (Å²) in [5.74, 6) is -2.77. The zero-order chi connectivity index (χ0) is 21.2. The lowest BCUT2D eigenvalue weighted by molar-refractivity contribution is -0.160. The van der Waals surface area contributed by atoms with Crippen LogP contribution in [-0.2, 0) is 23.9 Å². The Hall–Kier alpha value is -3.10. The Kier molecular flexibility index (Phi) is 8.45. The summed E-state index contributed by atoms with van der Waals surface area (Å²) in [5, 5.41) is 5.21. The van der Waals surface area contributed by atoms with E-state index in [0.29, 0.717) is 25.1 Å². The van der Waals surface area contributed by atoms with Gasteiger partial charge in [0, 0.05) is 18.8 Å². The van der Waals surface area contributed by atoms with Gasteiger partial charge >= 0.3 is 18.0 Å². The Morgan fingerprint density at radius 1 is 1.07 bits per heavy atom. The highest BCUT2D eigenvalue weighted by Gasteiger charge is 2.35. The van der Waals surface area contributed by atoms with Gasteiger partial charge in [-0.25, -0.2) is 14.4 Å². The highest BCUT2D eigenvalue weighted by atomic mass is 16.6. The first-order chi connectivity index (χ1) is 14.0. The maximum atomic E-state index is 12.7. The van der Waals surface area contributed by atoms with Gasteiger partial charge in [-0.15, -0.1) is 0 Å². The number of esters is 2. The van der Waals surface area contributed by atoms with Crippen LogP contribution in [-0.4, -0.2) is 61.1 Å². The van der Waals surface area contributed by atoms with Crippen molar-refractivity contribution in [2.45, 2.75) is 32.7 Å². The summed E-state index contributed by atoms with van der Waals surface area (Å²) >= 11 is 0. The van der Waals surface area contributed by atoms with Crippen molar-refractivity contribution in [2.24, 2.45) is 5.92 Å². The number of amides is 3. The van der Waals surface area contributed by atoms with Crippen LogP contribution in [0.4, 0.5) is 10.5 Å². The summed E-state index contributed by atoms with van der Waals surface area (Å²) in [5.41, 5.74) is 0.661. The second kappa shape index (κ2) is 11.0. The van der Waals surface area contributed by atoms with E-state index in [1.807, 2.05) is 18.2 Å². The second-order valence-electron chi connectivity index (χ2n) is 6.53. The van der Waals surface area contributed by atoms with E-state index >= 15 is 0 Å². The topological polar surface area (TPSA) is 114 Å². The fraction of sp³-hybridized carbons (Fsp3) is 0.500. The smallest absolute Gasteiger partial charge is 0.340 e. The molecular formula is C20H27N3O6. The molecule has 1 heterocycles. The Morgan fingerprint density at radius 3 is 2.28 bits per heavy atom. The summed E-state index contributed by atoms with van der Waals surface area (Å²) in [4.78, 5) is 50.8. The third kappa shape index (κ3) is 6.48. The van der Waals surface area contributed by atoms with E-state index in [1.165, 1.54) is 0 Å². The Labute approximate surface area is 169 Å². The van der Waals surface area contributed by atoms with Gasteiger partial charge in [0.2, 0.25) is 11.9 Å². The molecule has 2 rings (SSSR count). The number of carbonyl (C=O) groups is 4. The third-order valence-electron chi connectivity index (χ3n) is 4.44. The molecule has 0 unspecified atom stereocenters. The van der Waals surface area contributed by atoms with Crippen LogP contribution in [0.5, 0.6) is 0 Å². The molecule has 0 spiro atoms. The first-order valence-corrected chi connectivity index (χ1v) is 9.70. The number of hydrogen-bond donors (Lipinski definition) is 2. The number of piperidine rings is 1. The lowest BCUT2D eigenvalue weighted by Gasteiger charge is -2.32. The Bertz CT molecular complexity index is 706. The van der Waals surface area contributed by atoms with Crippen molar-refractivity contribution in [3.8, 4) is 0 Å². The number of nitrogens with one attached hydrogen (secondary N) is 2. The standard InChI is InChI=1S/C20H27N3O6/c1-3-28-18(25)16(19(26)29-4-2)22-17(24)14-9-8-12-23(13-14)20(27)21-15-10-6-5-7-11-15/h5-7,10-11,14,16H,3-4,8-9,12-13H2,1-2H3,(H,21,27)(H,22,24)/t14-/m0/s1. The molecule has 1 saturated heterocycles. The second-order valence-corrected chi connectivity index (χ2v) is 6.53. The predicted molar refractivity (Wildman–Crippen MR) is 105 cm³/mol. The van der Waals surface area contributed by atoms with Gasteiger partial charge in [-0.3, -0.25) is 4.79 Å². The summed E-state index contributed by atoms with van der Waals surface area (Å²) in [7, 11) is 0. The molecule has 29 heavy (non-hydrogen) atoms. The number of nitrogens with zero attached hydrogens (tertiary/aromatic N) is 1. The molecule has 0 radical (unpaired) electrons. The summed E-state index contributed by atoms with van der Waals surface area (Å²) in [6, 6.07) is 7.20. The highest BCUT2D eigenvalue weighted by Crippen LogP contribution is 2.18. The number of ether oxygens (including phenoxy) is 2. The van der Waals surface area contributed by atoms with Gasteiger partial charge in [0.05, 0.1) is 19.1 Å². The summed E-state index contributed by atoms with van der Waals surface area (Å²) in [6.07, 6.45) is 1.17. The van der Waals surface area contributed by atoms with Crippen LogP contribution < -0.4 is 10.6 Å². The number of carbonyl (C=O) groups excluding carboxylic acids is 4. The molecule has 1 aliphatic rings. The number of likely N-dealkylation sites (tertiary alicyclic amines) is 1. The van der Waals surface area contributed by atoms with Crippen molar-refractivity contribution < 1.29 is 28.7 Å². The van der Waals surface area contributed by atoms with Crippen LogP contribution in [0.1, 0.15) is 26.7 Å². The van der Waals surface area contributed by atoms with Crippen LogP contribution in [0.25, 0.3) is 0 Å². The third-order valence-corrected chi connectivity index (χ3v) is 4.44. The molecule has 3 amide bonds. The molecule has 0 aliphatic carbocycles. The SMILES string of the molecule is CCOC(=O)C(NC(=O)[C@H]1CCCN(C(=O)Nc2ccccc2)C1)C(=O)OCC. The molecule has 1 aromatic rings. The van der Waals surface area contributed by atoms with Crippen LogP contribution in [0.3, 0.4) is 0 Å². The number of benzene rings is 1. The number of para-hydroxylation sites is 1. The van der Waals surface area contributed by atoms with Gasteiger partial charge in [0.1, 0.15) is 0 Å². The van der Waals surface area contributed by atoms with Crippen LogP contribution >= 0.6 is 0 Å². The zero-order valence-corrected chi connectivity index (χ0v) is 16.7. The Morgan fingerprint density at radius 2 is 1.69 bits per heavy atom. The zero-order valence-electron chi connectivity index (χ0n) is 16.7. The predicted octanol–water partition coefficient (Wildman–Crippen LogP) is 1.54. The monoisotopic (exact) mass is 405 g/mol. The molecular weight excluding hydrogens is 378 g/mol. The van der Waals surface area contributed by atoms with E-state index in [2.05, 4.69) is 10.6 Å². The maximum absolute atomic E-state index is 12.7. The molecule has 1 atom stereocenters. The number of rotatable bonds is 7. The lowest BCUT2D eigenvalue weighted by atomic mass is 9.97. The van der Waals surface area contributed by atoms with Gasteiger partial charge in [-0.1, -0.05) is 18.2 Å². The average molecular weight is 405 g/mol. The normalized spacial score (nSPS) is 16.1. The lowest BCUT2D eigenvalue weighted by Crippen LogP contribution is -2.53. The molecule has 1 aromatic carbocycles. The molecule has 1 aliphatic heterocycles. The molecule has 9 nitrogen and oxygen atoms in total. The van der Waals surface area contributed by atoms with Crippen LogP contribution in [0.2, 0.25) is 0 Å². The number of hydrogen-bond acceptors (Lipinski definition) is 6. The van der Waals surface area contributed by atoms with Crippen molar-refractivity contribution >= 4 is 29.6 Å². The van der Waals surface area contributed by atoms with Crippen molar-refractivity contribution in [1.82, 2.24) is 10.2 Å². The number of anilines is 1. The van der Waals surface area contributed by atoms with Crippen molar-refractivity contribution in [1.29, 1.82) is 0 Å². The molecule has 0 saturated carbocycles. The molecule has 158 valence electrons. The van der Waals surface area contributed by atoms with E-state index in [1.54, 1.807) is 30.9 Å². The van der Waals surface area contributed by atoms with Crippen LogP contribution in [0.15, 0.2) is 30.3 Å². The molecule has 9 heteroatoms. The van der Waals surface area contributed by atoms with Crippen molar-refractivity contribution in [2.75, 3.05) is 31.6 Å². The number of urea groups is 1. The molecule has 1 fully saturated rings. The maximum Gasteiger partial charge on any atom is 0.340 e. The first kappa shape index (κ1) is 22.2. The van der Waals surface area contributed by atoms with Crippen LogP contribution in [0, 0.1) is 5.92 Å². The van der Waals surface area contributed by atoms with E-state index in [4.69, 9.17) is 9.47 Å². The highest BCUT2D eigenvalue weighted by molar-refractivity contribution is 6.02. The largest absolute Gasteiger partial charge is 0.464 e. The Balaban J connectivity index is 1.98. The fourth-order valence-electron chi connectivity index (χ4n) is 3.03. The van der Waals surface area contributed by atoms with Gasteiger partial charge in [-0.05, 0) is 38.8 Å². The van der Waals surface area contributed by atoms with E-state index in [0.717, 1.165) is 0 Å². The first-order valence-electron chi connectivity index (χ1n) is 9.70. The minimum absolute atomic E-state index is 0.0709. The van der Waals surface area contributed by atoms with Crippen molar-refractivity contribution in [3.05, 3.63) is 30.3 Å². The van der Waals surface area contributed by atoms with Gasteiger partial charge in [-0.2, -0.15) is 0 Å². The van der Waals surface area contributed by atoms with Crippen molar-refractivity contribution in [3.63, 3.8) is 0 Å². The van der Waals surface area contributed by atoms with Gasteiger partial charge < -0.3 is 25.0 Å². The molecule has 2 N–H and O–H groups in total. The summed E-state index contributed by atoms with van der Waals surface area (Å²) < 4.78 is 9.71.